The molecule has 4 heterocycles. The number of amides is 1. The molecular weight excluding hydrogens is 572 g/mol. The second-order valence-corrected chi connectivity index (χ2v) is 13.8. The summed E-state index contributed by atoms with van der Waals surface area (Å²) in [6.45, 7) is 2.69. The van der Waals surface area contributed by atoms with Crippen LogP contribution < -0.4 is 5.32 Å². The minimum Gasteiger partial charge on any atom is -0.467 e. The summed E-state index contributed by atoms with van der Waals surface area (Å²) in [6, 6.07) is 13.7. The Morgan fingerprint density at radius 1 is 1.15 bits per heavy atom. The number of esters is 1. The van der Waals surface area contributed by atoms with Crippen molar-refractivity contribution in [3.05, 3.63) is 70.4 Å². The Bertz CT molecular complexity index is 1610. The summed E-state index contributed by atoms with van der Waals surface area (Å²) in [5.74, 6) is -1.12. The van der Waals surface area contributed by atoms with Crippen molar-refractivity contribution in [3.8, 4) is 0 Å². The van der Waals surface area contributed by atoms with Crippen LogP contribution in [0.4, 0.5) is 0 Å². The minimum absolute atomic E-state index is 0.0956. The topological polar surface area (TPSA) is 99.3 Å². The molecule has 3 saturated heterocycles. The number of halogens is 1. The maximum absolute atomic E-state index is 13.5. The Labute approximate surface area is 242 Å². The molecule has 1 N–H and O–H groups in total. The average Bonchev–Trinajstić information content (AvgIpc) is 3.31. The van der Waals surface area contributed by atoms with Crippen LogP contribution in [0.15, 0.2) is 58.4 Å². The van der Waals surface area contributed by atoms with Gasteiger partial charge in [-0.2, -0.15) is 4.31 Å². The SMILES string of the molecule is COC(=O)[C@H]1CN(S(=O)(=O)c2cc3ccc(Cl)cc3s2)CC(=O)N1Cc1ccc(C(=C2CCN2)N2CCC2)cc1. The quantitative estimate of drug-likeness (QED) is 0.415. The zero-order valence-corrected chi connectivity index (χ0v) is 24.3. The summed E-state index contributed by atoms with van der Waals surface area (Å²) < 4.78 is 34.0. The highest BCUT2D eigenvalue weighted by atomic mass is 35.5. The predicted octanol–water partition coefficient (Wildman–Crippen LogP) is 3.50. The Kier molecular flexibility index (Phi) is 7.24. The lowest BCUT2D eigenvalue weighted by atomic mass is 9.99. The molecule has 9 nitrogen and oxygen atoms in total. The van der Waals surface area contributed by atoms with Gasteiger partial charge in [-0.05, 0) is 41.1 Å². The number of hydrogen-bond acceptors (Lipinski definition) is 8. The molecule has 3 aliphatic heterocycles. The molecule has 12 heteroatoms. The molecule has 3 aliphatic rings. The molecule has 3 fully saturated rings. The van der Waals surface area contributed by atoms with E-state index in [1.807, 2.05) is 24.3 Å². The Morgan fingerprint density at radius 2 is 1.90 bits per heavy atom. The van der Waals surface area contributed by atoms with Crippen LogP contribution in [0.1, 0.15) is 24.0 Å². The van der Waals surface area contributed by atoms with Gasteiger partial charge in [0, 0.05) is 54.6 Å². The van der Waals surface area contributed by atoms with E-state index >= 15 is 0 Å². The van der Waals surface area contributed by atoms with E-state index in [9.17, 15) is 18.0 Å². The van der Waals surface area contributed by atoms with Crippen molar-refractivity contribution in [3.63, 3.8) is 0 Å². The number of carbonyl (C=O) groups excluding carboxylic acids is 2. The fourth-order valence-electron chi connectivity index (χ4n) is 5.23. The molecule has 0 bridgehead atoms. The second kappa shape index (κ2) is 10.7. The molecule has 0 unspecified atom stereocenters. The van der Waals surface area contributed by atoms with E-state index in [0.29, 0.717) is 5.02 Å². The molecule has 1 atom stereocenters. The number of nitrogens with zero attached hydrogens (tertiary/aromatic N) is 3. The van der Waals surface area contributed by atoms with Crippen molar-refractivity contribution < 1.29 is 22.7 Å². The monoisotopic (exact) mass is 600 g/mol. The molecular formula is C28H29ClN4O5S2. The van der Waals surface area contributed by atoms with E-state index in [-0.39, 0.29) is 23.8 Å². The summed E-state index contributed by atoms with van der Waals surface area (Å²) in [5.41, 5.74) is 4.45. The van der Waals surface area contributed by atoms with E-state index in [4.69, 9.17) is 16.3 Å². The van der Waals surface area contributed by atoms with Crippen molar-refractivity contribution in [2.24, 2.45) is 0 Å². The molecule has 0 saturated carbocycles. The van der Waals surface area contributed by atoms with Gasteiger partial charge in [0.15, 0.2) is 0 Å². The molecule has 0 radical (unpaired) electrons. The molecule has 6 rings (SSSR count). The first-order chi connectivity index (χ1) is 19.2. The van der Waals surface area contributed by atoms with Crippen LogP contribution in [0.3, 0.4) is 0 Å². The lowest BCUT2D eigenvalue weighted by Gasteiger charge is -2.39. The normalized spacial score (nSPS) is 21.1. The zero-order valence-electron chi connectivity index (χ0n) is 21.9. The molecule has 1 aromatic heterocycles. The second-order valence-electron chi connectivity index (χ2n) is 10.1. The van der Waals surface area contributed by atoms with Crippen molar-refractivity contribution >= 4 is 60.6 Å². The van der Waals surface area contributed by atoms with E-state index in [2.05, 4.69) is 10.2 Å². The standard InChI is InChI=1S/C28H29ClN4O5S2/c1-38-28(35)23-16-32(40(36,37)26-13-20-7-8-21(29)14-24(20)39-26)17-25(34)33(23)15-18-3-5-19(6-4-18)27(22-9-10-30-22)31-11-2-12-31/h3-8,13-14,23,30H,2,9-12,15-17H2,1H3/t23-/m1/s1. The lowest BCUT2D eigenvalue weighted by Crippen LogP contribution is -2.60. The Morgan fingerprint density at radius 3 is 2.52 bits per heavy atom. The molecule has 40 heavy (non-hydrogen) atoms. The Hall–Kier alpha value is -3.12. The van der Waals surface area contributed by atoms with Crippen LogP contribution in [0.5, 0.6) is 0 Å². The van der Waals surface area contributed by atoms with Crippen molar-refractivity contribution in [2.75, 3.05) is 39.8 Å². The molecule has 0 spiro atoms. The molecule has 210 valence electrons. The van der Waals surface area contributed by atoms with Crippen LogP contribution in [-0.4, -0.2) is 80.3 Å². The van der Waals surface area contributed by atoms with Gasteiger partial charge < -0.3 is 19.9 Å². The summed E-state index contributed by atoms with van der Waals surface area (Å²) in [4.78, 5) is 30.0. The number of carbonyl (C=O) groups is 2. The average molecular weight is 601 g/mol. The first-order valence-electron chi connectivity index (χ1n) is 13.1. The third-order valence-corrected chi connectivity index (χ3v) is 11.3. The van der Waals surface area contributed by atoms with Crippen molar-refractivity contribution in [1.82, 2.24) is 19.4 Å². The van der Waals surface area contributed by atoms with Gasteiger partial charge in [-0.25, -0.2) is 13.2 Å². The molecule has 1 amide bonds. The number of sulfonamides is 1. The molecule has 3 aromatic rings. The highest BCUT2D eigenvalue weighted by Crippen LogP contribution is 2.34. The number of ether oxygens (including phenoxy) is 1. The lowest BCUT2D eigenvalue weighted by molar-refractivity contribution is -0.157. The van der Waals surface area contributed by atoms with Gasteiger partial charge in [-0.3, -0.25) is 4.79 Å². The molecule has 0 aliphatic carbocycles. The van der Waals surface area contributed by atoms with E-state index in [1.54, 1.807) is 24.3 Å². The number of fused-ring (bicyclic) bond motifs is 1. The van der Waals surface area contributed by atoms with Gasteiger partial charge >= 0.3 is 5.97 Å². The number of benzene rings is 2. The fourth-order valence-corrected chi connectivity index (χ4v) is 8.46. The van der Waals surface area contributed by atoms with Crippen LogP contribution in [0.25, 0.3) is 15.8 Å². The van der Waals surface area contributed by atoms with Crippen molar-refractivity contribution in [2.45, 2.75) is 29.6 Å². The summed E-state index contributed by atoms with van der Waals surface area (Å²) in [6.07, 6.45) is 2.22. The maximum atomic E-state index is 13.5. The maximum Gasteiger partial charge on any atom is 0.329 e. The summed E-state index contributed by atoms with van der Waals surface area (Å²) in [7, 11) is -2.79. The van der Waals surface area contributed by atoms with Gasteiger partial charge in [-0.1, -0.05) is 41.9 Å². The molecule has 2 aromatic carbocycles. The number of rotatable bonds is 7. The van der Waals surface area contributed by atoms with Crippen LogP contribution in [-0.2, 0) is 30.9 Å². The Balaban J connectivity index is 1.23. The third kappa shape index (κ3) is 4.96. The van der Waals surface area contributed by atoms with Crippen molar-refractivity contribution in [1.29, 1.82) is 0 Å². The fraction of sp³-hybridized carbons (Fsp3) is 0.357. The number of nitrogens with one attached hydrogen (secondary N) is 1. The number of likely N-dealkylation sites (tertiary alicyclic amines) is 1. The number of piperazine rings is 1. The van der Waals surface area contributed by atoms with Gasteiger partial charge in [0.25, 0.3) is 10.0 Å². The summed E-state index contributed by atoms with van der Waals surface area (Å²) >= 11 is 7.16. The van der Waals surface area contributed by atoms with Gasteiger partial charge in [0.05, 0.1) is 19.4 Å². The highest BCUT2D eigenvalue weighted by molar-refractivity contribution is 7.91. The van der Waals surface area contributed by atoms with Gasteiger partial charge in [0.1, 0.15) is 10.3 Å². The summed E-state index contributed by atoms with van der Waals surface area (Å²) in [5, 5.41) is 4.67. The minimum atomic E-state index is -4.03. The van der Waals surface area contributed by atoms with Gasteiger partial charge in [0.2, 0.25) is 5.91 Å². The smallest absolute Gasteiger partial charge is 0.329 e. The zero-order chi connectivity index (χ0) is 28.0. The highest BCUT2D eigenvalue weighted by Gasteiger charge is 2.43. The van der Waals surface area contributed by atoms with E-state index in [0.717, 1.165) is 62.9 Å². The number of methoxy groups -OCH3 is 1. The van der Waals surface area contributed by atoms with E-state index < -0.39 is 27.9 Å². The predicted molar refractivity (Wildman–Crippen MR) is 154 cm³/mol. The van der Waals surface area contributed by atoms with E-state index in [1.165, 1.54) is 29.8 Å². The van der Waals surface area contributed by atoms with Crippen LogP contribution >= 0.6 is 22.9 Å². The third-order valence-electron chi connectivity index (χ3n) is 7.66. The van der Waals surface area contributed by atoms with Crippen LogP contribution in [0, 0.1) is 0 Å². The largest absolute Gasteiger partial charge is 0.467 e. The number of hydrogen-bond donors (Lipinski definition) is 1. The van der Waals surface area contributed by atoms with Gasteiger partial charge in [-0.15, -0.1) is 11.3 Å². The van der Waals surface area contributed by atoms with Crippen LogP contribution in [0.2, 0.25) is 5.02 Å². The first kappa shape index (κ1) is 27.1. The number of thiophene rings is 1. The first-order valence-corrected chi connectivity index (χ1v) is 15.8.